The van der Waals surface area contributed by atoms with Gasteiger partial charge >= 0.3 is 11.9 Å². The van der Waals surface area contributed by atoms with Crippen LogP contribution in [-0.2, 0) is 19.1 Å². The maximum absolute atomic E-state index is 12.5. The molecule has 2 fully saturated rings. The van der Waals surface area contributed by atoms with Crippen LogP contribution in [0.25, 0.3) is 0 Å². The number of hydrogen-bond acceptors (Lipinski definition) is 6. The first-order valence-electron chi connectivity index (χ1n) is 8.53. The third kappa shape index (κ3) is 2.89. The summed E-state index contributed by atoms with van der Waals surface area (Å²) in [4.78, 5) is 27.1. The molecular formula is C18H25NO5. The van der Waals surface area contributed by atoms with Crippen LogP contribution in [0.15, 0.2) is 23.3 Å². The summed E-state index contributed by atoms with van der Waals surface area (Å²) < 4.78 is 11.2. The Hall–Kier alpha value is -1.66. The maximum Gasteiger partial charge on any atom is 0.338 e. The number of aliphatic hydroxyl groups is 1. The van der Waals surface area contributed by atoms with E-state index in [-0.39, 0.29) is 31.1 Å². The molecule has 0 aromatic heterocycles. The number of ether oxygens (including phenoxy) is 2. The molecule has 6 nitrogen and oxygen atoms in total. The van der Waals surface area contributed by atoms with Gasteiger partial charge in [-0.2, -0.15) is 0 Å². The van der Waals surface area contributed by atoms with Crippen LogP contribution in [0.1, 0.15) is 33.6 Å². The van der Waals surface area contributed by atoms with Crippen LogP contribution in [0.2, 0.25) is 0 Å². The van der Waals surface area contributed by atoms with Crippen LogP contribution >= 0.6 is 0 Å². The minimum Gasteiger partial charge on any atom is -0.459 e. The first kappa shape index (κ1) is 17.2. The van der Waals surface area contributed by atoms with Gasteiger partial charge in [-0.05, 0) is 38.2 Å². The van der Waals surface area contributed by atoms with Gasteiger partial charge in [-0.3, -0.25) is 4.90 Å². The van der Waals surface area contributed by atoms with E-state index in [0.717, 1.165) is 25.1 Å². The molecule has 0 amide bonds. The lowest BCUT2D eigenvalue weighted by Crippen LogP contribution is -2.45. The predicted molar refractivity (Wildman–Crippen MR) is 87.1 cm³/mol. The molecule has 24 heavy (non-hydrogen) atoms. The van der Waals surface area contributed by atoms with Crippen molar-refractivity contribution in [3.05, 3.63) is 23.3 Å². The van der Waals surface area contributed by atoms with E-state index in [1.54, 1.807) is 19.9 Å². The van der Waals surface area contributed by atoms with Crippen LogP contribution in [0.3, 0.4) is 0 Å². The van der Waals surface area contributed by atoms with Crippen molar-refractivity contribution in [1.29, 1.82) is 0 Å². The number of carbonyl (C=O) groups excluding carboxylic acids is 2. The minimum atomic E-state index is -1.65. The number of allylic oxidation sites excluding steroid dienone is 1. The molecule has 6 heteroatoms. The first-order valence-corrected chi connectivity index (χ1v) is 8.53. The van der Waals surface area contributed by atoms with Crippen LogP contribution < -0.4 is 0 Å². The smallest absolute Gasteiger partial charge is 0.338 e. The summed E-state index contributed by atoms with van der Waals surface area (Å²) in [7, 11) is 0. The van der Waals surface area contributed by atoms with Crippen molar-refractivity contribution in [2.45, 2.75) is 51.4 Å². The van der Waals surface area contributed by atoms with E-state index in [1.807, 2.05) is 6.08 Å². The van der Waals surface area contributed by atoms with Gasteiger partial charge in [0, 0.05) is 18.7 Å². The van der Waals surface area contributed by atoms with E-state index in [1.165, 1.54) is 6.92 Å². The summed E-state index contributed by atoms with van der Waals surface area (Å²) in [6.45, 7) is 6.71. The summed E-state index contributed by atoms with van der Waals surface area (Å²) in [5, 5.41) is 10.6. The summed E-state index contributed by atoms with van der Waals surface area (Å²) in [6, 6.07) is -0.0262. The molecule has 0 aromatic carbocycles. The molecule has 1 N–H and O–H groups in total. The van der Waals surface area contributed by atoms with Crippen molar-refractivity contribution in [3.63, 3.8) is 0 Å². The second-order valence-electron chi connectivity index (χ2n) is 7.09. The maximum atomic E-state index is 12.5. The molecule has 0 aromatic rings. The Morgan fingerprint density at radius 2 is 2.17 bits per heavy atom. The summed E-state index contributed by atoms with van der Waals surface area (Å²) in [5.74, 6) is -1.46. The Morgan fingerprint density at radius 1 is 1.42 bits per heavy atom. The normalized spacial score (nSPS) is 39.6. The van der Waals surface area contributed by atoms with Crippen molar-refractivity contribution in [2.75, 3.05) is 19.7 Å². The van der Waals surface area contributed by atoms with E-state index < -0.39 is 17.5 Å². The van der Waals surface area contributed by atoms with Gasteiger partial charge in [0.05, 0.1) is 6.04 Å². The van der Waals surface area contributed by atoms with Gasteiger partial charge in [0.1, 0.15) is 12.7 Å². The summed E-state index contributed by atoms with van der Waals surface area (Å²) in [6.07, 6.45) is 4.56. The van der Waals surface area contributed by atoms with Crippen LogP contribution in [0.5, 0.6) is 0 Å². The third-order valence-electron chi connectivity index (χ3n) is 5.55. The van der Waals surface area contributed by atoms with Crippen molar-refractivity contribution in [3.8, 4) is 0 Å². The Kier molecular flexibility index (Phi) is 4.53. The molecule has 0 radical (unpaired) electrons. The fourth-order valence-electron chi connectivity index (χ4n) is 3.68. The lowest BCUT2D eigenvalue weighted by atomic mass is 9.85. The van der Waals surface area contributed by atoms with E-state index in [0.29, 0.717) is 5.57 Å². The zero-order chi connectivity index (χ0) is 17.5. The van der Waals surface area contributed by atoms with Crippen LogP contribution in [0.4, 0.5) is 0 Å². The highest BCUT2D eigenvalue weighted by molar-refractivity contribution is 5.89. The lowest BCUT2D eigenvalue weighted by molar-refractivity contribution is -0.169. The highest BCUT2D eigenvalue weighted by atomic mass is 16.6. The zero-order valence-corrected chi connectivity index (χ0v) is 14.4. The molecule has 3 aliphatic heterocycles. The predicted octanol–water partition coefficient (Wildman–Crippen LogP) is 1.19. The van der Waals surface area contributed by atoms with E-state index in [9.17, 15) is 14.7 Å². The number of cyclic esters (lactones) is 1. The molecule has 4 atom stereocenters. The molecule has 0 bridgehead atoms. The Morgan fingerprint density at radius 3 is 2.88 bits per heavy atom. The van der Waals surface area contributed by atoms with Gasteiger partial charge in [0.25, 0.3) is 0 Å². The van der Waals surface area contributed by atoms with Gasteiger partial charge in [-0.25, -0.2) is 9.59 Å². The monoisotopic (exact) mass is 335 g/mol. The van der Waals surface area contributed by atoms with E-state index in [4.69, 9.17) is 9.47 Å². The third-order valence-corrected chi connectivity index (χ3v) is 5.55. The molecule has 3 heterocycles. The molecule has 2 saturated heterocycles. The standard InChI is InChI=1S/C18H25NO5/c1-4-12-9-11(2)18(3,22)17(21)23-10-13-5-7-19-8-6-14(15(13)19)24-16(12)20/h4-5,11,14-15,22H,6-10H2,1-3H3/b12-4+/t11?,14?,15-,18?/m1/s1. The summed E-state index contributed by atoms with van der Waals surface area (Å²) in [5.41, 5.74) is -0.218. The van der Waals surface area contributed by atoms with Crippen LogP contribution in [0, 0.1) is 5.92 Å². The minimum absolute atomic E-state index is 0.0262. The number of esters is 2. The van der Waals surface area contributed by atoms with Crippen molar-refractivity contribution >= 4 is 11.9 Å². The van der Waals surface area contributed by atoms with Crippen molar-refractivity contribution in [1.82, 2.24) is 4.90 Å². The molecule has 0 saturated carbocycles. The lowest BCUT2D eigenvalue weighted by Gasteiger charge is -2.31. The second kappa shape index (κ2) is 6.33. The van der Waals surface area contributed by atoms with Gasteiger partial charge in [0.2, 0.25) is 0 Å². The topological polar surface area (TPSA) is 76.1 Å². The SMILES string of the molecule is C/C=C1\CC(C)C(C)(O)C(=O)OCC2=CCN3CCC(OC1=O)[C@@H]23. The molecule has 0 aliphatic carbocycles. The Labute approximate surface area is 142 Å². The average Bonchev–Trinajstić information content (AvgIpc) is 3.12. The quantitative estimate of drug-likeness (QED) is 0.407. The fourth-order valence-corrected chi connectivity index (χ4v) is 3.68. The van der Waals surface area contributed by atoms with Crippen molar-refractivity contribution < 1.29 is 24.2 Å². The van der Waals surface area contributed by atoms with Gasteiger partial charge in [0.15, 0.2) is 5.60 Å². The molecule has 132 valence electrons. The Bertz CT molecular complexity index is 607. The van der Waals surface area contributed by atoms with Gasteiger partial charge in [-0.1, -0.05) is 19.1 Å². The number of carbonyl (C=O) groups is 2. The zero-order valence-electron chi connectivity index (χ0n) is 14.4. The highest BCUT2D eigenvalue weighted by Crippen LogP contribution is 2.34. The first-order chi connectivity index (χ1) is 11.3. The molecule has 3 aliphatic rings. The number of nitrogens with zero attached hydrogens (tertiary/aromatic N) is 1. The van der Waals surface area contributed by atoms with Crippen LogP contribution in [-0.4, -0.2) is 59.4 Å². The molecule has 0 spiro atoms. The van der Waals surface area contributed by atoms with Gasteiger partial charge < -0.3 is 14.6 Å². The number of rotatable bonds is 0. The largest absolute Gasteiger partial charge is 0.459 e. The number of hydrogen-bond donors (Lipinski definition) is 1. The molecular weight excluding hydrogens is 310 g/mol. The Balaban J connectivity index is 1.91. The average molecular weight is 335 g/mol. The fraction of sp³-hybridized carbons (Fsp3) is 0.667. The second-order valence-corrected chi connectivity index (χ2v) is 7.09. The summed E-state index contributed by atoms with van der Waals surface area (Å²) >= 11 is 0. The van der Waals surface area contributed by atoms with E-state index >= 15 is 0 Å². The van der Waals surface area contributed by atoms with Crippen molar-refractivity contribution in [2.24, 2.45) is 5.92 Å². The van der Waals surface area contributed by atoms with Gasteiger partial charge in [-0.15, -0.1) is 0 Å². The van der Waals surface area contributed by atoms with E-state index in [2.05, 4.69) is 4.90 Å². The highest BCUT2D eigenvalue weighted by Gasteiger charge is 2.45. The molecule has 3 rings (SSSR count). The molecule has 3 unspecified atom stereocenters.